The van der Waals surface area contributed by atoms with Gasteiger partial charge in [-0.1, -0.05) is 12.1 Å². The van der Waals surface area contributed by atoms with Crippen molar-refractivity contribution in [2.24, 2.45) is 4.99 Å². The van der Waals surface area contributed by atoms with Crippen LogP contribution in [0.15, 0.2) is 29.3 Å². The van der Waals surface area contributed by atoms with Crippen LogP contribution in [0.4, 0.5) is 13.2 Å². The van der Waals surface area contributed by atoms with Crippen molar-refractivity contribution < 1.29 is 26.3 Å². The first-order valence-electron chi connectivity index (χ1n) is 8.43. The van der Waals surface area contributed by atoms with Crippen molar-refractivity contribution in [3.63, 3.8) is 0 Å². The molecule has 0 atom stereocenters. The fraction of sp³-hybridized carbons (Fsp3) is 0.562. The molecule has 0 aliphatic rings. The molecule has 0 radical (unpaired) electrons. The van der Waals surface area contributed by atoms with Gasteiger partial charge in [-0.2, -0.15) is 13.2 Å². The maximum Gasteiger partial charge on any atom is 0.422 e. The van der Waals surface area contributed by atoms with Gasteiger partial charge in [-0.3, -0.25) is 0 Å². The molecule has 0 aromatic heterocycles. The summed E-state index contributed by atoms with van der Waals surface area (Å²) in [5, 5.41) is 6.02. The molecule has 0 amide bonds. The number of hydrogen-bond acceptors (Lipinski definition) is 4. The quantitative estimate of drug-likeness (QED) is 0.184. The number of aliphatic imine (C=N–C) groups is 1. The Morgan fingerprint density at radius 1 is 1.11 bits per heavy atom. The van der Waals surface area contributed by atoms with E-state index < -0.39 is 22.8 Å². The van der Waals surface area contributed by atoms with Crippen LogP contribution in [-0.4, -0.2) is 52.5 Å². The van der Waals surface area contributed by atoms with E-state index in [9.17, 15) is 21.6 Å². The molecule has 0 aliphatic carbocycles. The maximum absolute atomic E-state index is 12.1. The van der Waals surface area contributed by atoms with Gasteiger partial charge >= 0.3 is 6.18 Å². The first-order chi connectivity index (χ1) is 12.6. The molecule has 1 aromatic rings. The van der Waals surface area contributed by atoms with Gasteiger partial charge in [-0.25, -0.2) is 18.1 Å². The van der Waals surface area contributed by atoms with E-state index in [1.165, 1.54) is 12.1 Å². The van der Waals surface area contributed by atoms with Crippen molar-refractivity contribution in [3.8, 4) is 5.75 Å². The van der Waals surface area contributed by atoms with E-state index >= 15 is 0 Å². The molecule has 28 heavy (non-hydrogen) atoms. The maximum atomic E-state index is 12.1. The van der Waals surface area contributed by atoms with Gasteiger partial charge in [-0.05, 0) is 31.5 Å². The second-order valence-corrected chi connectivity index (χ2v) is 7.56. The number of hydrogen-bond donors (Lipinski definition) is 3. The van der Waals surface area contributed by atoms with Gasteiger partial charge in [0.25, 0.3) is 0 Å². The average Bonchev–Trinajstić information content (AvgIpc) is 2.61. The predicted octanol–water partition coefficient (Wildman–Crippen LogP) is 2.24. The van der Waals surface area contributed by atoms with Crippen LogP contribution in [0.3, 0.4) is 0 Å². The molecule has 0 aliphatic heterocycles. The second kappa shape index (κ2) is 13.0. The number of alkyl halides is 3. The zero-order valence-electron chi connectivity index (χ0n) is 15.7. The number of sulfonamides is 1. The smallest absolute Gasteiger partial charge is 0.422 e. The number of nitrogens with zero attached hydrogens (tertiary/aromatic N) is 1. The first-order valence-corrected chi connectivity index (χ1v) is 10.1. The summed E-state index contributed by atoms with van der Waals surface area (Å²) in [6.07, 6.45) is -4.37. The van der Waals surface area contributed by atoms with Gasteiger partial charge in [0.05, 0.1) is 12.3 Å². The fourth-order valence-electron chi connectivity index (χ4n) is 1.86. The molecule has 0 fully saturated rings. The molecule has 0 spiro atoms. The van der Waals surface area contributed by atoms with E-state index in [1.807, 2.05) is 6.92 Å². The van der Waals surface area contributed by atoms with Crippen molar-refractivity contribution in [1.82, 2.24) is 15.4 Å². The minimum atomic E-state index is -4.37. The molecule has 0 unspecified atom stereocenters. The Labute approximate surface area is 180 Å². The summed E-state index contributed by atoms with van der Waals surface area (Å²) in [5.74, 6) is 0.656. The van der Waals surface area contributed by atoms with Crippen LogP contribution >= 0.6 is 24.0 Å². The summed E-state index contributed by atoms with van der Waals surface area (Å²) >= 11 is 0. The summed E-state index contributed by atoms with van der Waals surface area (Å²) in [4.78, 5) is 4.35. The molecule has 1 aromatic carbocycles. The zero-order chi connectivity index (χ0) is 20.3. The third-order valence-corrected chi connectivity index (χ3v) is 4.61. The second-order valence-electron chi connectivity index (χ2n) is 5.47. The number of guanidine groups is 1. The normalized spacial score (nSPS) is 12.2. The van der Waals surface area contributed by atoms with Gasteiger partial charge in [0.2, 0.25) is 10.0 Å². The van der Waals surface area contributed by atoms with Crippen LogP contribution < -0.4 is 20.1 Å². The van der Waals surface area contributed by atoms with Gasteiger partial charge in [0.1, 0.15) is 5.75 Å². The predicted molar refractivity (Wildman–Crippen MR) is 114 cm³/mol. The Morgan fingerprint density at radius 3 is 2.29 bits per heavy atom. The third kappa shape index (κ3) is 12.2. The minimum absolute atomic E-state index is 0. The summed E-state index contributed by atoms with van der Waals surface area (Å²) in [6, 6.07) is 6.18. The molecule has 12 heteroatoms. The number of benzene rings is 1. The topological polar surface area (TPSA) is 91.8 Å². The molecule has 1 rings (SSSR count). The molecule has 0 bridgehead atoms. The van der Waals surface area contributed by atoms with Crippen LogP contribution in [-0.2, 0) is 16.6 Å². The van der Waals surface area contributed by atoms with Gasteiger partial charge in [-0.15, -0.1) is 24.0 Å². The number of ether oxygens (including phenoxy) is 1. The number of rotatable bonds is 10. The van der Waals surface area contributed by atoms with E-state index in [2.05, 4.69) is 25.1 Å². The summed E-state index contributed by atoms with van der Waals surface area (Å²) < 4.78 is 66.2. The van der Waals surface area contributed by atoms with E-state index in [0.717, 1.165) is 5.56 Å². The molecular formula is C16H26F3IN4O3S. The van der Waals surface area contributed by atoms with Crippen LogP contribution in [0, 0.1) is 0 Å². The Bertz CT molecular complexity index is 698. The van der Waals surface area contributed by atoms with Crippen LogP contribution in [0.5, 0.6) is 5.75 Å². The first kappa shape index (κ1) is 26.7. The van der Waals surface area contributed by atoms with E-state index in [0.29, 0.717) is 25.6 Å². The van der Waals surface area contributed by atoms with Crippen molar-refractivity contribution in [2.75, 3.05) is 32.0 Å². The van der Waals surface area contributed by atoms with Crippen LogP contribution in [0.2, 0.25) is 0 Å². The molecule has 0 saturated carbocycles. The number of halogens is 4. The highest BCUT2D eigenvalue weighted by Gasteiger charge is 2.28. The highest BCUT2D eigenvalue weighted by Crippen LogP contribution is 2.19. The standard InChI is InChI=1S/C16H25F3N4O3S.HI/c1-3-20-15(21-9-10-23-27(24,25)4-2)22-11-13-5-7-14(8-6-13)26-12-16(17,18)19;/h5-8,23H,3-4,9-12H2,1-2H3,(H2,20,21,22);1H. The van der Waals surface area contributed by atoms with Crippen molar-refractivity contribution in [2.45, 2.75) is 26.6 Å². The monoisotopic (exact) mass is 538 g/mol. The minimum Gasteiger partial charge on any atom is -0.484 e. The molecular weight excluding hydrogens is 512 g/mol. The van der Waals surface area contributed by atoms with Crippen LogP contribution in [0.25, 0.3) is 0 Å². The zero-order valence-corrected chi connectivity index (χ0v) is 18.8. The van der Waals surface area contributed by atoms with Gasteiger partial charge in [0.15, 0.2) is 12.6 Å². The number of nitrogens with one attached hydrogen (secondary N) is 3. The molecule has 0 saturated heterocycles. The summed E-state index contributed by atoms with van der Waals surface area (Å²) in [5.41, 5.74) is 0.790. The Balaban J connectivity index is 0.00000729. The lowest BCUT2D eigenvalue weighted by Gasteiger charge is -2.12. The Kier molecular flexibility index (Phi) is 12.4. The highest BCUT2D eigenvalue weighted by atomic mass is 127. The SMILES string of the molecule is CCNC(=NCc1ccc(OCC(F)(F)F)cc1)NCCNS(=O)(=O)CC.I. The third-order valence-electron chi connectivity index (χ3n) is 3.21. The molecule has 0 heterocycles. The Hall–Kier alpha value is -1.28. The Morgan fingerprint density at radius 2 is 1.75 bits per heavy atom. The largest absolute Gasteiger partial charge is 0.484 e. The van der Waals surface area contributed by atoms with Crippen molar-refractivity contribution >= 4 is 40.0 Å². The van der Waals surface area contributed by atoms with Crippen molar-refractivity contribution in [3.05, 3.63) is 29.8 Å². The van der Waals surface area contributed by atoms with E-state index in [4.69, 9.17) is 0 Å². The lowest BCUT2D eigenvalue weighted by Crippen LogP contribution is -2.41. The van der Waals surface area contributed by atoms with Gasteiger partial charge in [0, 0.05) is 19.6 Å². The van der Waals surface area contributed by atoms with Gasteiger partial charge < -0.3 is 15.4 Å². The summed E-state index contributed by atoms with van der Waals surface area (Å²) in [6.45, 7) is 3.62. The van der Waals surface area contributed by atoms with Crippen molar-refractivity contribution in [1.29, 1.82) is 0 Å². The average molecular weight is 538 g/mol. The van der Waals surface area contributed by atoms with Crippen LogP contribution in [0.1, 0.15) is 19.4 Å². The highest BCUT2D eigenvalue weighted by molar-refractivity contribution is 14.0. The molecule has 7 nitrogen and oxygen atoms in total. The lowest BCUT2D eigenvalue weighted by atomic mass is 10.2. The lowest BCUT2D eigenvalue weighted by molar-refractivity contribution is -0.153. The molecule has 162 valence electrons. The van der Waals surface area contributed by atoms with E-state index in [-0.39, 0.29) is 42.0 Å². The summed E-state index contributed by atoms with van der Waals surface area (Å²) in [7, 11) is -3.24. The molecule has 3 N–H and O–H groups in total. The van der Waals surface area contributed by atoms with E-state index in [1.54, 1.807) is 19.1 Å². The fourth-order valence-corrected chi connectivity index (χ4v) is 2.48.